The van der Waals surface area contributed by atoms with Gasteiger partial charge in [-0.1, -0.05) is 51.1 Å². The smallest absolute Gasteiger partial charge is 0.317 e. The van der Waals surface area contributed by atoms with Gasteiger partial charge in [0.15, 0.2) is 11.5 Å². The summed E-state index contributed by atoms with van der Waals surface area (Å²) in [5, 5.41) is 2.92. The molecule has 0 aliphatic carbocycles. The van der Waals surface area contributed by atoms with E-state index in [9.17, 15) is 4.79 Å². The summed E-state index contributed by atoms with van der Waals surface area (Å²) in [4.78, 5) is 14.4. The van der Waals surface area contributed by atoms with Gasteiger partial charge in [-0.2, -0.15) is 0 Å². The molecule has 5 nitrogen and oxygen atoms in total. The highest BCUT2D eigenvalue weighted by molar-refractivity contribution is 5.74. The lowest BCUT2D eigenvalue weighted by Gasteiger charge is -2.24. The summed E-state index contributed by atoms with van der Waals surface area (Å²) in [6, 6.07) is 14.4. The molecule has 29 heavy (non-hydrogen) atoms. The number of methoxy groups -OCH3 is 2. The van der Waals surface area contributed by atoms with Crippen LogP contribution in [0.4, 0.5) is 4.79 Å². The number of rotatable bonds is 8. The first-order valence-corrected chi connectivity index (χ1v) is 10.1. The molecule has 0 spiro atoms. The molecule has 2 aromatic rings. The summed E-state index contributed by atoms with van der Waals surface area (Å²) in [6.07, 6.45) is 0.734. The Morgan fingerprint density at radius 2 is 1.59 bits per heavy atom. The first-order valence-electron chi connectivity index (χ1n) is 10.1. The van der Waals surface area contributed by atoms with Gasteiger partial charge in [0.2, 0.25) is 0 Å². The molecule has 158 valence electrons. The van der Waals surface area contributed by atoms with E-state index in [1.165, 1.54) is 5.56 Å². The van der Waals surface area contributed by atoms with Crippen LogP contribution < -0.4 is 14.8 Å². The number of amides is 2. The Hall–Kier alpha value is -2.69. The normalized spacial score (nSPS) is 11.1. The highest BCUT2D eigenvalue weighted by Gasteiger charge is 2.16. The second kappa shape index (κ2) is 10.2. The topological polar surface area (TPSA) is 50.8 Å². The monoisotopic (exact) mass is 398 g/mol. The van der Waals surface area contributed by atoms with Crippen LogP contribution in [0.5, 0.6) is 11.5 Å². The van der Waals surface area contributed by atoms with Crippen molar-refractivity contribution in [2.75, 3.05) is 27.3 Å². The van der Waals surface area contributed by atoms with Crippen LogP contribution in [0.15, 0.2) is 42.5 Å². The van der Waals surface area contributed by atoms with Crippen molar-refractivity contribution in [2.24, 2.45) is 0 Å². The number of ether oxygens (including phenoxy) is 2. The highest BCUT2D eigenvalue weighted by Crippen LogP contribution is 2.28. The fourth-order valence-corrected chi connectivity index (χ4v) is 3.15. The largest absolute Gasteiger partial charge is 0.493 e. The molecule has 2 rings (SSSR count). The fourth-order valence-electron chi connectivity index (χ4n) is 3.15. The van der Waals surface area contributed by atoms with E-state index in [1.807, 2.05) is 30.0 Å². The summed E-state index contributed by atoms with van der Waals surface area (Å²) in [6.45, 7) is 10.3. The number of carbonyl (C=O) groups excluding carboxylic acids is 1. The third kappa shape index (κ3) is 6.41. The minimum atomic E-state index is -0.0483. The van der Waals surface area contributed by atoms with Crippen molar-refractivity contribution < 1.29 is 14.3 Å². The maximum absolute atomic E-state index is 12.6. The molecule has 0 atom stereocenters. The van der Waals surface area contributed by atoms with Gasteiger partial charge in [-0.15, -0.1) is 0 Å². The van der Waals surface area contributed by atoms with E-state index >= 15 is 0 Å². The summed E-state index contributed by atoms with van der Waals surface area (Å²) < 4.78 is 10.7. The minimum Gasteiger partial charge on any atom is -0.493 e. The lowest BCUT2D eigenvalue weighted by atomic mass is 9.87. The van der Waals surface area contributed by atoms with Crippen LogP contribution in [-0.4, -0.2) is 38.2 Å². The third-order valence-corrected chi connectivity index (χ3v) is 4.93. The molecule has 5 heteroatoms. The van der Waals surface area contributed by atoms with E-state index in [4.69, 9.17) is 9.47 Å². The zero-order valence-corrected chi connectivity index (χ0v) is 18.5. The molecule has 0 unspecified atom stereocenters. The Labute approximate surface area is 175 Å². The molecular formula is C24H34N2O3. The molecule has 0 aromatic heterocycles. The number of nitrogens with zero attached hydrogens (tertiary/aromatic N) is 1. The molecule has 0 heterocycles. The molecule has 2 aromatic carbocycles. The van der Waals surface area contributed by atoms with Crippen LogP contribution in [0.1, 0.15) is 44.4 Å². The molecular weight excluding hydrogens is 364 g/mol. The molecule has 2 amide bonds. The van der Waals surface area contributed by atoms with Gasteiger partial charge in [-0.25, -0.2) is 4.79 Å². The predicted molar refractivity (Wildman–Crippen MR) is 118 cm³/mol. The Balaban J connectivity index is 2.11. The van der Waals surface area contributed by atoms with E-state index in [1.54, 1.807) is 14.2 Å². The number of carbonyl (C=O) groups is 1. The van der Waals surface area contributed by atoms with Crippen molar-refractivity contribution >= 4 is 6.03 Å². The fraction of sp³-hybridized carbons (Fsp3) is 0.458. The summed E-state index contributed by atoms with van der Waals surface area (Å²) in [5.74, 6) is 1.41. The van der Waals surface area contributed by atoms with Crippen LogP contribution in [0, 0.1) is 0 Å². The molecule has 0 fully saturated rings. The molecule has 0 saturated carbocycles. The Morgan fingerprint density at radius 3 is 2.14 bits per heavy atom. The van der Waals surface area contributed by atoms with E-state index in [0.717, 1.165) is 17.5 Å². The van der Waals surface area contributed by atoms with Crippen molar-refractivity contribution in [3.05, 3.63) is 59.2 Å². The van der Waals surface area contributed by atoms with Gasteiger partial charge in [0, 0.05) is 19.6 Å². The van der Waals surface area contributed by atoms with Crippen molar-refractivity contribution in [3.8, 4) is 11.5 Å². The van der Waals surface area contributed by atoms with Gasteiger partial charge in [-0.3, -0.25) is 0 Å². The number of urea groups is 1. The Bertz CT molecular complexity index is 795. The third-order valence-electron chi connectivity index (χ3n) is 4.93. The maximum Gasteiger partial charge on any atom is 0.317 e. The lowest BCUT2D eigenvalue weighted by Crippen LogP contribution is -2.40. The van der Waals surface area contributed by atoms with E-state index < -0.39 is 0 Å². The molecule has 0 aliphatic heterocycles. The predicted octanol–water partition coefficient (Wildman–Crippen LogP) is 4.78. The highest BCUT2D eigenvalue weighted by atomic mass is 16.5. The van der Waals surface area contributed by atoms with Crippen molar-refractivity contribution in [2.45, 2.75) is 46.1 Å². The lowest BCUT2D eigenvalue weighted by molar-refractivity contribution is 0.196. The second-order valence-electron chi connectivity index (χ2n) is 8.14. The Morgan fingerprint density at radius 1 is 0.966 bits per heavy atom. The number of hydrogen-bond donors (Lipinski definition) is 1. The maximum atomic E-state index is 12.6. The summed E-state index contributed by atoms with van der Waals surface area (Å²) in [5.41, 5.74) is 3.62. The number of hydrogen-bond acceptors (Lipinski definition) is 3. The van der Waals surface area contributed by atoms with Gasteiger partial charge in [0.05, 0.1) is 14.2 Å². The average molecular weight is 399 g/mol. The van der Waals surface area contributed by atoms with Crippen LogP contribution in [0.2, 0.25) is 0 Å². The number of nitrogens with one attached hydrogen (secondary N) is 1. The second-order valence-corrected chi connectivity index (χ2v) is 8.14. The van der Waals surface area contributed by atoms with Crippen molar-refractivity contribution in [1.29, 1.82) is 0 Å². The first kappa shape index (κ1) is 22.6. The van der Waals surface area contributed by atoms with E-state index in [-0.39, 0.29) is 11.4 Å². The van der Waals surface area contributed by atoms with Gasteiger partial charge < -0.3 is 19.7 Å². The molecule has 1 N–H and O–H groups in total. The average Bonchev–Trinajstić information content (AvgIpc) is 2.70. The van der Waals surface area contributed by atoms with Gasteiger partial charge >= 0.3 is 6.03 Å². The van der Waals surface area contributed by atoms with E-state index in [0.29, 0.717) is 31.1 Å². The van der Waals surface area contributed by atoms with Crippen LogP contribution in [0.3, 0.4) is 0 Å². The standard InChI is InChI=1S/C24H34N2O3/c1-7-25-23(27)26(17-19-8-11-20(12-9-19)24(2,3)4)15-14-18-10-13-21(28-5)22(16-18)29-6/h8-13,16H,7,14-15,17H2,1-6H3,(H,25,27). The van der Waals surface area contributed by atoms with Crippen LogP contribution >= 0.6 is 0 Å². The molecule has 0 aliphatic rings. The summed E-state index contributed by atoms with van der Waals surface area (Å²) >= 11 is 0. The van der Waals surface area contributed by atoms with Crippen LogP contribution in [-0.2, 0) is 18.4 Å². The van der Waals surface area contributed by atoms with Crippen molar-refractivity contribution in [1.82, 2.24) is 10.2 Å². The van der Waals surface area contributed by atoms with Gasteiger partial charge in [-0.05, 0) is 47.6 Å². The van der Waals surface area contributed by atoms with E-state index in [2.05, 4.69) is 50.4 Å². The SMILES string of the molecule is CCNC(=O)N(CCc1ccc(OC)c(OC)c1)Cc1ccc(C(C)(C)C)cc1. The van der Waals surface area contributed by atoms with Crippen LogP contribution in [0.25, 0.3) is 0 Å². The van der Waals surface area contributed by atoms with Gasteiger partial charge in [0.25, 0.3) is 0 Å². The molecule has 0 radical (unpaired) electrons. The summed E-state index contributed by atoms with van der Waals surface area (Å²) in [7, 11) is 3.25. The van der Waals surface area contributed by atoms with Crippen molar-refractivity contribution in [3.63, 3.8) is 0 Å². The number of benzene rings is 2. The molecule has 0 bridgehead atoms. The molecule has 0 saturated heterocycles. The van der Waals surface area contributed by atoms with Gasteiger partial charge in [0.1, 0.15) is 0 Å². The first-order chi connectivity index (χ1) is 13.8. The zero-order valence-electron chi connectivity index (χ0n) is 18.5. The Kier molecular flexibility index (Phi) is 7.94. The quantitative estimate of drug-likeness (QED) is 0.696. The zero-order chi connectivity index (χ0) is 21.4. The minimum absolute atomic E-state index is 0.0483.